The lowest BCUT2D eigenvalue weighted by atomic mass is 9.89. The number of rotatable bonds is 3. The van der Waals surface area contributed by atoms with E-state index in [9.17, 15) is 4.39 Å². The number of nitrogens with zero attached hydrogens (tertiary/aromatic N) is 3. The van der Waals surface area contributed by atoms with Crippen molar-refractivity contribution in [2.75, 3.05) is 0 Å². The summed E-state index contributed by atoms with van der Waals surface area (Å²) in [5.74, 6) is 1.01. The van der Waals surface area contributed by atoms with Crippen LogP contribution in [-0.2, 0) is 0 Å². The Bertz CT molecular complexity index is 698. The molecule has 1 heterocycles. The van der Waals surface area contributed by atoms with E-state index in [0.717, 1.165) is 18.7 Å². The van der Waals surface area contributed by atoms with Gasteiger partial charge in [-0.15, -0.1) is 0 Å². The number of halogens is 1. The summed E-state index contributed by atoms with van der Waals surface area (Å²) in [5.41, 5.74) is 0.702. The quantitative estimate of drug-likeness (QED) is 0.688. The Kier molecular flexibility index (Phi) is 4.24. The highest BCUT2D eigenvalue weighted by Crippen LogP contribution is 2.31. The molecule has 0 unspecified atom stereocenters. The lowest BCUT2D eigenvalue weighted by Gasteiger charge is -2.19. The van der Waals surface area contributed by atoms with Gasteiger partial charge in [0, 0.05) is 5.92 Å². The third-order valence-electron chi connectivity index (χ3n) is 3.82. The normalized spacial score (nSPS) is 16.6. The van der Waals surface area contributed by atoms with E-state index in [-0.39, 0.29) is 5.82 Å². The van der Waals surface area contributed by atoms with Crippen LogP contribution in [0.5, 0.6) is 0 Å². The van der Waals surface area contributed by atoms with Gasteiger partial charge < -0.3 is 0 Å². The third-order valence-corrected chi connectivity index (χ3v) is 4.08. The predicted octanol–water partition coefficient (Wildman–Crippen LogP) is 4.01. The summed E-state index contributed by atoms with van der Waals surface area (Å²) in [6.45, 7) is 0. The van der Waals surface area contributed by atoms with E-state index in [1.54, 1.807) is 23.0 Å². The monoisotopic (exact) mass is 304 g/mol. The molecule has 1 N–H and O–H groups in total. The summed E-state index contributed by atoms with van der Waals surface area (Å²) in [6, 6.07) is 6.31. The van der Waals surface area contributed by atoms with Gasteiger partial charge in [0.15, 0.2) is 5.82 Å². The summed E-state index contributed by atoms with van der Waals surface area (Å²) in [7, 11) is 0. The van der Waals surface area contributed by atoms with Crippen molar-refractivity contribution in [2.45, 2.75) is 38.0 Å². The largest absolute Gasteiger partial charge is 0.250 e. The predicted molar refractivity (Wildman–Crippen MR) is 82.6 cm³/mol. The first-order valence-corrected chi connectivity index (χ1v) is 7.62. The Labute approximate surface area is 127 Å². The SMILES string of the molecule is Fc1cccc(/C=N/n2c(C3CCCCC3)n[nH]c2=S)c1. The Morgan fingerprint density at radius 1 is 1.33 bits per heavy atom. The molecule has 1 aliphatic rings. The number of nitrogens with one attached hydrogen (secondary N) is 1. The minimum absolute atomic E-state index is 0.276. The second kappa shape index (κ2) is 6.30. The van der Waals surface area contributed by atoms with Gasteiger partial charge >= 0.3 is 0 Å². The Morgan fingerprint density at radius 3 is 2.90 bits per heavy atom. The van der Waals surface area contributed by atoms with Gasteiger partial charge in [0.1, 0.15) is 5.82 Å². The van der Waals surface area contributed by atoms with Gasteiger partial charge in [0.25, 0.3) is 0 Å². The first-order chi connectivity index (χ1) is 10.2. The van der Waals surface area contributed by atoms with Crippen molar-refractivity contribution in [3.8, 4) is 0 Å². The molecule has 6 heteroatoms. The molecule has 1 fully saturated rings. The van der Waals surface area contributed by atoms with Crippen LogP contribution in [0.2, 0.25) is 0 Å². The lowest BCUT2D eigenvalue weighted by molar-refractivity contribution is 0.419. The van der Waals surface area contributed by atoms with Crippen molar-refractivity contribution in [3.05, 3.63) is 46.2 Å². The van der Waals surface area contributed by atoms with Crippen molar-refractivity contribution in [1.82, 2.24) is 14.9 Å². The smallest absolute Gasteiger partial charge is 0.216 e. The first-order valence-electron chi connectivity index (χ1n) is 7.21. The molecule has 0 spiro atoms. The molecule has 2 aromatic rings. The van der Waals surface area contributed by atoms with E-state index in [1.165, 1.54) is 31.4 Å². The number of H-pyrrole nitrogens is 1. The van der Waals surface area contributed by atoms with E-state index in [1.807, 2.05) is 0 Å². The van der Waals surface area contributed by atoms with Gasteiger partial charge in [-0.05, 0) is 42.8 Å². The van der Waals surface area contributed by atoms with E-state index < -0.39 is 0 Å². The van der Waals surface area contributed by atoms with Crippen molar-refractivity contribution in [3.63, 3.8) is 0 Å². The van der Waals surface area contributed by atoms with Crippen molar-refractivity contribution < 1.29 is 4.39 Å². The summed E-state index contributed by atoms with van der Waals surface area (Å²) < 4.78 is 15.3. The maximum Gasteiger partial charge on any atom is 0.216 e. The highest BCUT2D eigenvalue weighted by Gasteiger charge is 2.21. The van der Waals surface area contributed by atoms with Gasteiger partial charge in [-0.3, -0.25) is 5.10 Å². The molecule has 0 aliphatic heterocycles. The molecule has 0 bridgehead atoms. The molecule has 110 valence electrons. The Balaban J connectivity index is 1.88. The van der Waals surface area contributed by atoms with Crippen LogP contribution in [0.4, 0.5) is 4.39 Å². The molecule has 1 saturated carbocycles. The molecular formula is C15H17FN4S. The average Bonchev–Trinajstić information content (AvgIpc) is 2.87. The van der Waals surface area contributed by atoms with E-state index in [2.05, 4.69) is 15.3 Å². The van der Waals surface area contributed by atoms with E-state index in [0.29, 0.717) is 16.3 Å². The topological polar surface area (TPSA) is 46.0 Å². The first kappa shape index (κ1) is 14.1. The maximum atomic E-state index is 13.2. The molecule has 0 radical (unpaired) electrons. The van der Waals surface area contributed by atoms with Crippen molar-refractivity contribution >= 4 is 18.4 Å². The Hall–Kier alpha value is -1.82. The average molecular weight is 304 g/mol. The van der Waals surface area contributed by atoms with Crippen LogP contribution < -0.4 is 0 Å². The summed E-state index contributed by atoms with van der Waals surface area (Å²) in [4.78, 5) is 0. The number of hydrogen-bond acceptors (Lipinski definition) is 3. The molecule has 1 aromatic carbocycles. The van der Waals surface area contributed by atoms with E-state index in [4.69, 9.17) is 12.2 Å². The molecule has 1 aromatic heterocycles. The Morgan fingerprint density at radius 2 is 2.14 bits per heavy atom. The maximum absolute atomic E-state index is 13.2. The molecule has 0 amide bonds. The second-order valence-corrected chi connectivity index (χ2v) is 5.72. The number of aromatic amines is 1. The van der Waals surface area contributed by atoms with Gasteiger partial charge in [-0.1, -0.05) is 31.4 Å². The fourth-order valence-corrected chi connectivity index (χ4v) is 2.94. The second-order valence-electron chi connectivity index (χ2n) is 5.33. The molecular weight excluding hydrogens is 287 g/mol. The number of hydrogen-bond donors (Lipinski definition) is 1. The van der Waals surface area contributed by atoms with Crippen LogP contribution in [0.1, 0.15) is 49.4 Å². The standard InChI is InChI=1S/C15H17FN4S/c16-13-8-4-5-11(9-13)10-17-20-14(18-19-15(20)21)12-6-2-1-3-7-12/h4-5,8-10,12H,1-3,6-7H2,(H,19,21)/b17-10+. The number of aromatic nitrogens is 3. The summed E-state index contributed by atoms with van der Waals surface area (Å²) >= 11 is 5.24. The molecule has 4 nitrogen and oxygen atoms in total. The van der Waals surface area contributed by atoms with Crippen LogP contribution in [-0.4, -0.2) is 21.1 Å². The fourth-order valence-electron chi connectivity index (χ4n) is 2.75. The fraction of sp³-hybridized carbons (Fsp3) is 0.400. The van der Waals surface area contributed by atoms with Gasteiger partial charge in [0.2, 0.25) is 4.77 Å². The van der Waals surface area contributed by atoms with Crippen LogP contribution in [0.25, 0.3) is 0 Å². The van der Waals surface area contributed by atoms with Crippen molar-refractivity contribution in [1.29, 1.82) is 0 Å². The highest BCUT2D eigenvalue weighted by atomic mass is 32.1. The van der Waals surface area contributed by atoms with Crippen LogP contribution in [0, 0.1) is 10.6 Å². The van der Waals surface area contributed by atoms with Gasteiger partial charge in [-0.25, -0.2) is 4.39 Å². The summed E-state index contributed by atoms with van der Waals surface area (Å²) in [5, 5.41) is 11.5. The zero-order chi connectivity index (χ0) is 14.7. The molecule has 0 saturated heterocycles. The van der Waals surface area contributed by atoms with E-state index >= 15 is 0 Å². The number of benzene rings is 1. The third kappa shape index (κ3) is 3.26. The molecule has 0 atom stereocenters. The lowest BCUT2D eigenvalue weighted by Crippen LogP contribution is -2.10. The minimum atomic E-state index is -0.276. The van der Waals surface area contributed by atoms with Crippen LogP contribution >= 0.6 is 12.2 Å². The molecule has 21 heavy (non-hydrogen) atoms. The van der Waals surface area contributed by atoms with Crippen LogP contribution in [0.15, 0.2) is 29.4 Å². The van der Waals surface area contributed by atoms with Gasteiger partial charge in [-0.2, -0.15) is 14.9 Å². The molecule has 3 rings (SSSR count). The minimum Gasteiger partial charge on any atom is -0.250 e. The molecule has 1 aliphatic carbocycles. The van der Waals surface area contributed by atoms with Crippen LogP contribution in [0.3, 0.4) is 0 Å². The van der Waals surface area contributed by atoms with Crippen molar-refractivity contribution in [2.24, 2.45) is 5.10 Å². The zero-order valence-corrected chi connectivity index (χ0v) is 12.4. The highest BCUT2D eigenvalue weighted by molar-refractivity contribution is 7.71. The summed E-state index contributed by atoms with van der Waals surface area (Å²) in [6.07, 6.45) is 7.58. The van der Waals surface area contributed by atoms with Gasteiger partial charge in [0.05, 0.1) is 6.21 Å². The zero-order valence-electron chi connectivity index (χ0n) is 11.6.